The quantitative estimate of drug-likeness (QED) is 0.794. The number of hydrogen-bond acceptors (Lipinski definition) is 3. The van der Waals surface area contributed by atoms with Gasteiger partial charge in [0.2, 0.25) is 0 Å². The van der Waals surface area contributed by atoms with Crippen LogP contribution in [-0.2, 0) is 11.3 Å². The van der Waals surface area contributed by atoms with Crippen LogP contribution in [0.5, 0.6) is 0 Å². The monoisotopic (exact) mass is 268 g/mol. The molecule has 20 heavy (non-hydrogen) atoms. The first kappa shape index (κ1) is 11.7. The Kier molecular flexibility index (Phi) is 2.77. The molecule has 1 aliphatic heterocycles. The van der Waals surface area contributed by atoms with E-state index in [0.717, 1.165) is 42.8 Å². The van der Waals surface area contributed by atoms with E-state index in [4.69, 9.17) is 4.74 Å². The lowest BCUT2D eigenvalue weighted by atomic mass is 10.1. The third kappa shape index (κ3) is 2.00. The molecule has 5 nitrogen and oxygen atoms in total. The summed E-state index contributed by atoms with van der Waals surface area (Å²) in [4.78, 5) is 7.46. The smallest absolute Gasteiger partial charge is 0.137 e. The van der Waals surface area contributed by atoms with E-state index in [1.807, 2.05) is 29.3 Å². The van der Waals surface area contributed by atoms with Crippen molar-refractivity contribution in [1.29, 1.82) is 0 Å². The van der Waals surface area contributed by atoms with Gasteiger partial charge in [0.25, 0.3) is 0 Å². The molecule has 3 aromatic rings. The van der Waals surface area contributed by atoms with Crippen molar-refractivity contribution in [1.82, 2.24) is 19.7 Å². The van der Waals surface area contributed by atoms with E-state index in [9.17, 15) is 0 Å². The largest absolute Gasteiger partial charge is 0.381 e. The molecule has 1 aliphatic rings. The van der Waals surface area contributed by atoms with Crippen molar-refractivity contribution in [3.05, 3.63) is 36.9 Å². The van der Waals surface area contributed by atoms with Gasteiger partial charge >= 0.3 is 0 Å². The Morgan fingerprint density at radius 2 is 2.40 bits per heavy atom. The van der Waals surface area contributed by atoms with Gasteiger partial charge in [-0.15, -0.1) is 0 Å². The van der Waals surface area contributed by atoms with Crippen LogP contribution in [0.25, 0.3) is 22.2 Å². The molecule has 0 amide bonds. The second-order valence-electron chi connectivity index (χ2n) is 5.28. The maximum Gasteiger partial charge on any atom is 0.137 e. The second-order valence-corrected chi connectivity index (χ2v) is 5.28. The number of pyridine rings is 1. The Balaban J connectivity index is 1.65. The maximum atomic E-state index is 5.41. The van der Waals surface area contributed by atoms with Crippen molar-refractivity contribution < 1.29 is 4.74 Å². The highest BCUT2D eigenvalue weighted by Gasteiger charge is 2.17. The van der Waals surface area contributed by atoms with Gasteiger partial charge in [-0.05, 0) is 24.1 Å². The predicted octanol–water partition coefficient (Wildman–Crippen LogP) is 2.46. The van der Waals surface area contributed by atoms with Crippen LogP contribution in [0.1, 0.15) is 6.42 Å². The van der Waals surface area contributed by atoms with Crippen LogP contribution in [0.15, 0.2) is 36.9 Å². The number of nitrogens with zero attached hydrogens (tertiary/aromatic N) is 3. The first-order chi connectivity index (χ1) is 9.90. The highest BCUT2D eigenvalue weighted by Crippen LogP contribution is 2.26. The Bertz CT molecular complexity index is 724. The molecule has 1 N–H and O–H groups in total. The number of ether oxygens (including phenoxy) is 1. The summed E-state index contributed by atoms with van der Waals surface area (Å²) in [6, 6.07) is 4.09. The topological polar surface area (TPSA) is 55.7 Å². The Morgan fingerprint density at radius 3 is 3.30 bits per heavy atom. The van der Waals surface area contributed by atoms with E-state index in [1.165, 1.54) is 5.56 Å². The van der Waals surface area contributed by atoms with Crippen molar-refractivity contribution in [2.45, 2.75) is 13.0 Å². The molecule has 3 aromatic heterocycles. The third-order valence-electron chi connectivity index (χ3n) is 3.87. The molecule has 102 valence electrons. The van der Waals surface area contributed by atoms with Crippen LogP contribution in [0.4, 0.5) is 0 Å². The van der Waals surface area contributed by atoms with Crippen LogP contribution in [0.3, 0.4) is 0 Å². The van der Waals surface area contributed by atoms with Gasteiger partial charge in [-0.25, -0.2) is 4.98 Å². The molecule has 0 spiro atoms. The average Bonchev–Trinajstić information content (AvgIpc) is 3.19. The molecular formula is C15H16N4O. The van der Waals surface area contributed by atoms with E-state index in [-0.39, 0.29) is 0 Å². The number of nitrogens with one attached hydrogen (secondary N) is 1. The van der Waals surface area contributed by atoms with E-state index >= 15 is 0 Å². The molecule has 0 aliphatic carbocycles. The minimum Gasteiger partial charge on any atom is -0.381 e. The molecule has 1 atom stereocenters. The number of rotatable bonds is 3. The van der Waals surface area contributed by atoms with Gasteiger partial charge in [0.05, 0.1) is 12.8 Å². The summed E-state index contributed by atoms with van der Waals surface area (Å²) in [6.07, 6.45) is 8.92. The Morgan fingerprint density at radius 1 is 1.40 bits per heavy atom. The SMILES string of the molecule is c1cc(-c2cnn(CC3CCOC3)c2)c2cc[nH]c2n1. The molecule has 0 aromatic carbocycles. The minimum absolute atomic E-state index is 0.590. The third-order valence-corrected chi connectivity index (χ3v) is 3.87. The van der Waals surface area contributed by atoms with Gasteiger partial charge in [0, 0.05) is 48.6 Å². The van der Waals surface area contributed by atoms with Crippen LogP contribution < -0.4 is 0 Å². The van der Waals surface area contributed by atoms with Crippen molar-refractivity contribution in [2.75, 3.05) is 13.2 Å². The van der Waals surface area contributed by atoms with Gasteiger partial charge in [0.1, 0.15) is 5.65 Å². The Labute approximate surface area is 116 Å². The lowest BCUT2D eigenvalue weighted by molar-refractivity contribution is 0.181. The van der Waals surface area contributed by atoms with E-state index in [0.29, 0.717) is 5.92 Å². The highest BCUT2D eigenvalue weighted by molar-refractivity contribution is 5.92. The number of aromatic nitrogens is 4. The standard InChI is InChI=1S/C15H16N4O/c1-4-16-15-14(2-5-17-15)13(1)12-7-18-19(9-12)8-11-3-6-20-10-11/h1-2,4-5,7,9,11H,3,6,8,10H2,(H,16,17). The molecule has 0 radical (unpaired) electrons. The van der Waals surface area contributed by atoms with Gasteiger partial charge in [-0.3, -0.25) is 4.68 Å². The minimum atomic E-state index is 0.590. The van der Waals surface area contributed by atoms with Crippen LogP contribution in [0.2, 0.25) is 0 Å². The normalized spacial score (nSPS) is 18.9. The lowest BCUT2D eigenvalue weighted by Gasteiger charge is -2.06. The Hall–Kier alpha value is -2.14. The molecule has 4 rings (SSSR count). The molecular weight excluding hydrogens is 252 g/mol. The number of H-pyrrole nitrogens is 1. The fourth-order valence-corrected chi connectivity index (χ4v) is 2.81. The lowest BCUT2D eigenvalue weighted by Crippen LogP contribution is -2.10. The summed E-state index contributed by atoms with van der Waals surface area (Å²) in [5.41, 5.74) is 3.22. The first-order valence-corrected chi connectivity index (χ1v) is 6.93. The average molecular weight is 268 g/mol. The van der Waals surface area contributed by atoms with Crippen LogP contribution >= 0.6 is 0 Å². The summed E-state index contributed by atoms with van der Waals surface area (Å²) < 4.78 is 7.44. The molecule has 5 heteroatoms. The molecule has 0 saturated carbocycles. The predicted molar refractivity (Wildman–Crippen MR) is 76.2 cm³/mol. The first-order valence-electron chi connectivity index (χ1n) is 6.93. The molecule has 1 fully saturated rings. The van der Waals surface area contributed by atoms with Crippen molar-refractivity contribution >= 4 is 11.0 Å². The zero-order valence-electron chi connectivity index (χ0n) is 11.1. The number of hydrogen-bond donors (Lipinski definition) is 1. The second kappa shape index (κ2) is 4.76. The van der Waals surface area contributed by atoms with Crippen molar-refractivity contribution in [2.24, 2.45) is 5.92 Å². The molecule has 0 bridgehead atoms. The van der Waals surface area contributed by atoms with Crippen molar-refractivity contribution in [3.8, 4) is 11.1 Å². The van der Waals surface area contributed by atoms with Gasteiger partial charge in [-0.1, -0.05) is 0 Å². The van der Waals surface area contributed by atoms with E-state index < -0.39 is 0 Å². The summed E-state index contributed by atoms with van der Waals surface area (Å²) in [5.74, 6) is 0.590. The van der Waals surface area contributed by atoms with E-state index in [2.05, 4.69) is 27.3 Å². The van der Waals surface area contributed by atoms with Gasteiger partial charge in [-0.2, -0.15) is 5.10 Å². The van der Waals surface area contributed by atoms with Crippen molar-refractivity contribution in [3.63, 3.8) is 0 Å². The fraction of sp³-hybridized carbons (Fsp3) is 0.333. The molecule has 1 saturated heterocycles. The summed E-state index contributed by atoms with van der Waals surface area (Å²) in [6.45, 7) is 2.67. The summed E-state index contributed by atoms with van der Waals surface area (Å²) >= 11 is 0. The zero-order chi connectivity index (χ0) is 13.4. The van der Waals surface area contributed by atoms with Crippen LogP contribution in [-0.4, -0.2) is 33.0 Å². The van der Waals surface area contributed by atoms with Gasteiger partial charge < -0.3 is 9.72 Å². The van der Waals surface area contributed by atoms with E-state index in [1.54, 1.807) is 0 Å². The zero-order valence-corrected chi connectivity index (χ0v) is 11.1. The number of fused-ring (bicyclic) bond motifs is 1. The highest BCUT2D eigenvalue weighted by atomic mass is 16.5. The maximum absolute atomic E-state index is 5.41. The fourth-order valence-electron chi connectivity index (χ4n) is 2.81. The summed E-state index contributed by atoms with van der Waals surface area (Å²) in [7, 11) is 0. The summed E-state index contributed by atoms with van der Waals surface area (Å²) in [5, 5.41) is 5.61. The van der Waals surface area contributed by atoms with Crippen LogP contribution in [0, 0.1) is 5.92 Å². The molecule has 4 heterocycles. The molecule has 1 unspecified atom stereocenters. The number of aromatic amines is 1. The van der Waals surface area contributed by atoms with Gasteiger partial charge in [0.15, 0.2) is 0 Å².